The molecule has 0 aliphatic carbocycles. The minimum atomic E-state index is -4.15. The molecule has 0 saturated carbocycles. The molecule has 0 aliphatic heterocycles. The SMILES string of the molecule is CCS(=O)(=O)NCCCCC(F)(F)F. The van der Waals surface area contributed by atoms with Crippen molar-refractivity contribution in [2.45, 2.75) is 32.4 Å². The molecule has 0 radical (unpaired) electrons. The van der Waals surface area contributed by atoms with E-state index < -0.39 is 22.6 Å². The van der Waals surface area contributed by atoms with Crippen LogP contribution in [0, 0.1) is 0 Å². The summed E-state index contributed by atoms with van der Waals surface area (Å²) < 4.78 is 58.8. The van der Waals surface area contributed by atoms with Crippen LogP contribution in [0.15, 0.2) is 0 Å². The fraction of sp³-hybridized carbons (Fsp3) is 1.00. The molecule has 0 spiro atoms. The van der Waals surface area contributed by atoms with Gasteiger partial charge in [-0.1, -0.05) is 0 Å². The molecule has 0 aliphatic rings. The number of halogens is 3. The quantitative estimate of drug-likeness (QED) is 0.709. The summed E-state index contributed by atoms with van der Waals surface area (Å²) in [7, 11) is -3.27. The first-order valence-corrected chi connectivity index (χ1v) is 5.96. The van der Waals surface area contributed by atoms with Gasteiger partial charge < -0.3 is 0 Å². The van der Waals surface area contributed by atoms with Crippen molar-refractivity contribution >= 4 is 10.0 Å². The lowest BCUT2D eigenvalue weighted by molar-refractivity contribution is -0.135. The molecule has 0 amide bonds. The predicted octanol–water partition coefficient (Wildman–Crippen LogP) is 1.66. The van der Waals surface area contributed by atoms with Gasteiger partial charge in [-0.3, -0.25) is 0 Å². The van der Waals surface area contributed by atoms with Crippen molar-refractivity contribution in [1.82, 2.24) is 4.72 Å². The highest BCUT2D eigenvalue weighted by Crippen LogP contribution is 2.21. The molecule has 0 atom stereocenters. The normalized spacial score (nSPS) is 13.1. The Morgan fingerprint density at radius 3 is 2.21 bits per heavy atom. The molecule has 0 aromatic rings. The first kappa shape index (κ1) is 13.7. The molecule has 0 bridgehead atoms. The topological polar surface area (TPSA) is 46.2 Å². The molecular formula is C7H14F3NO2S. The average molecular weight is 233 g/mol. The van der Waals surface area contributed by atoms with E-state index in [1.165, 1.54) is 6.92 Å². The van der Waals surface area contributed by atoms with Gasteiger partial charge in [-0.05, 0) is 19.8 Å². The summed E-state index contributed by atoms with van der Waals surface area (Å²) in [6.45, 7) is 1.55. The fourth-order valence-corrected chi connectivity index (χ4v) is 1.44. The predicted molar refractivity (Wildman–Crippen MR) is 47.4 cm³/mol. The Balaban J connectivity index is 3.49. The summed E-state index contributed by atoms with van der Waals surface area (Å²) >= 11 is 0. The van der Waals surface area contributed by atoms with Gasteiger partial charge in [0.2, 0.25) is 10.0 Å². The Morgan fingerprint density at radius 1 is 1.21 bits per heavy atom. The van der Waals surface area contributed by atoms with Gasteiger partial charge in [0.1, 0.15) is 0 Å². The van der Waals surface area contributed by atoms with Crippen LogP contribution < -0.4 is 4.72 Å². The fourth-order valence-electron chi connectivity index (χ4n) is 0.780. The van der Waals surface area contributed by atoms with Gasteiger partial charge in [-0.2, -0.15) is 13.2 Å². The molecule has 0 unspecified atom stereocenters. The molecule has 86 valence electrons. The smallest absolute Gasteiger partial charge is 0.215 e. The maximum absolute atomic E-state index is 11.6. The van der Waals surface area contributed by atoms with Crippen LogP contribution in [0.5, 0.6) is 0 Å². The summed E-state index contributed by atoms with van der Waals surface area (Å²) in [5.41, 5.74) is 0. The first-order valence-electron chi connectivity index (χ1n) is 4.31. The summed E-state index contributed by atoms with van der Waals surface area (Å²) in [4.78, 5) is 0. The Bertz CT molecular complexity index is 248. The minimum Gasteiger partial charge on any atom is -0.215 e. The zero-order chi connectivity index (χ0) is 11.2. The number of hydrogen-bond donors (Lipinski definition) is 1. The van der Waals surface area contributed by atoms with Crippen LogP contribution in [-0.2, 0) is 10.0 Å². The molecule has 0 aromatic carbocycles. The molecular weight excluding hydrogens is 219 g/mol. The Morgan fingerprint density at radius 2 is 1.79 bits per heavy atom. The van der Waals surface area contributed by atoms with E-state index in [-0.39, 0.29) is 25.1 Å². The van der Waals surface area contributed by atoms with E-state index in [1.807, 2.05) is 0 Å². The number of unbranched alkanes of at least 4 members (excludes halogenated alkanes) is 1. The van der Waals surface area contributed by atoms with Crippen molar-refractivity contribution in [3.05, 3.63) is 0 Å². The van der Waals surface area contributed by atoms with Crippen LogP contribution in [0.1, 0.15) is 26.2 Å². The van der Waals surface area contributed by atoms with E-state index in [2.05, 4.69) is 4.72 Å². The van der Waals surface area contributed by atoms with Gasteiger partial charge >= 0.3 is 6.18 Å². The van der Waals surface area contributed by atoms with Crippen molar-refractivity contribution < 1.29 is 21.6 Å². The molecule has 0 rings (SSSR count). The second-order valence-corrected chi connectivity index (χ2v) is 4.97. The molecule has 3 nitrogen and oxygen atoms in total. The molecule has 14 heavy (non-hydrogen) atoms. The van der Waals surface area contributed by atoms with Crippen molar-refractivity contribution in [1.29, 1.82) is 0 Å². The average Bonchev–Trinajstić information content (AvgIpc) is 2.01. The van der Waals surface area contributed by atoms with Gasteiger partial charge in [-0.15, -0.1) is 0 Å². The van der Waals surface area contributed by atoms with Crippen molar-refractivity contribution in [3.63, 3.8) is 0 Å². The highest BCUT2D eigenvalue weighted by atomic mass is 32.2. The third-order valence-electron chi connectivity index (χ3n) is 1.59. The van der Waals surface area contributed by atoms with Crippen LogP contribution in [0.4, 0.5) is 13.2 Å². The van der Waals surface area contributed by atoms with E-state index >= 15 is 0 Å². The summed E-state index contributed by atoms with van der Waals surface area (Å²) in [5, 5.41) is 0. The van der Waals surface area contributed by atoms with Gasteiger partial charge in [0, 0.05) is 13.0 Å². The standard InChI is InChI=1S/C7H14F3NO2S/c1-2-14(12,13)11-6-4-3-5-7(8,9)10/h11H,2-6H2,1H3. The molecule has 0 heterocycles. The largest absolute Gasteiger partial charge is 0.389 e. The van der Waals surface area contributed by atoms with Crippen LogP contribution in [-0.4, -0.2) is 26.9 Å². The van der Waals surface area contributed by atoms with Crippen molar-refractivity contribution in [3.8, 4) is 0 Å². The number of alkyl halides is 3. The molecule has 1 N–H and O–H groups in total. The van der Waals surface area contributed by atoms with Crippen LogP contribution in [0.25, 0.3) is 0 Å². The molecule has 7 heteroatoms. The Hall–Kier alpha value is -0.300. The van der Waals surface area contributed by atoms with Crippen molar-refractivity contribution in [2.75, 3.05) is 12.3 Å². The number of nitrogens with one attached hydrogen (secondary N) is 1. The third-order valence-corrected chi connectivity index (χ3v) is 2.99. The lowest BCUT2D eigenvalue weighted by Crippen LogP contribution is -2.26. The second kappa shape index (κ2) is 5.55. The van der Waals surface area contributed by atoms with Crippen LogP contribution >= 0.6 is 0 Å². The minimum absolute atomic E-state index is 0.0459. The van der Waals surface area contributed by atoms with Crippen LogP contribution in [0.3, 0.4) is 0 Å². The van der Waals surface area contributed by atoms with Crippen LogP contribution in [0.2, 0.25) is 0 Å². The lowest BCUT2D eigenvalue weighted by atomic mass is 10.2. The number of sulfonamides is 1. The molecule has 0 saturated heterocycles. The number of rotatable bonds is 6. The van der Waals surface area contributed by atoms with Gasteiger partial charge in [0.05, 0.1) is 5.75 Å². The second-order valence-electron chi connectivity index (χ2n) is 2.87. The van der Waals surface area contributed by atoms with E-state index in [0.29, 0.717) is 0 Å². The zero-order valence-electron chi connectivity index (χ0n) is 7.89. The number of hydrogen-bond acceptors (Lipinski definition) is 2. The lowest BCUT2D eigenvalue weighted by Gasteiger charge is -2.06. The van der Waals surface area contributed by atoms with Crippen molar-refractivity contribution in [2.24, 2.45) is 0 Å². The van der Waals surface area contributed by atoms with Gasteiger partial charge in [-0.25, -0.2) is 13.1 Å². The first-order chi connectivity index (χ1) is 6.27. The summed E-state index contributed by atoms with van der Waals surface area (Å²) in [6.07, 6.45) is -4.85. The highest BCUT2D eigenvalue weighted by molar-refractivity contribution is 7.89. The summed E-state index contributed by atoms with van der Waals surface area (Å²) in [6, 6.07) is 0. The monoisotopic (exact) mass is 233 g/mol. The molecule has 0 aromatic heterocycles. The van der Waals surface area contributed by atoms with E-state index in [9.17, 15) is 21.6 Å². The zero-order valence-corrected chi connectivity index (χ0v) is 8.71. The Kier molecular flexibility index (Phi) is 5.43. The third kappa shape index (κ3) is 8.31. The highest BCUT2D eigenvalue weighted by Gasteiger charge is 2.25. The van der Waals surface area contributed by atoms with E-state index in [0.717, 1.165) is 0 Å². The summed E-state index contributed by atoms with van der Waals surface area (Å²) in [5.74, 6) is -0.0493. The van der Waals surface area contributed by atoms with E-state index in [4.69, 9.17) is 0 Å². The van der Waals surface area contributed by atoms with Gasteiger partial charge in [0.15, 0.2) is 0 Å². The Labute approximate surface area is 81.7 Å². The maximum atomic E-state index is 11.6. The van der Waals surface area contributed by atoms with Gasteiger partial charge in [0.25, 0.3) is 0 Å². The maximum Gasteiger partial charge on any atom is 0.389 e. The van der Waals surface area contributed by atoms with E-state index in [1.54, 1.807) is 0 Å². The molecule has 0 fully saturated rings.